The third-order valence-electron chi connectivity index (χ3n) is 3.49. The number of halogens is 1. The lowest BCUT2D eigenvalue weighted by molar-refractivity contribution is 0.410. The van der Waals surface area contributed by atoms with Crippen LogP contribution in [0.3, 0.4) is 0 Å². The minimum atomic E-state index is -0.451. The Hall–Kier alpha value is -2.44. The monoisotopic (exact) mass is 289 g/mol. The predicted molar refractivity (Wildman–Crippen MR) is 77.2 cm³/mol. The molecule has 6 nitrogen and oxygen atoms in total. The van der Waals surface area contributed by atoms with E-state index in [0.717, 1.165) is 31.9 Å². The molecular weight excluding hydrogens is 273 g/mol. The van der Waals surface area contributed by atoms with Crippen molar-refractivity contribution in [2.75, 3.05) is 43.1 Å². The van der Waals surface area contributed by atoms with Crippen LogP contribution in [0.4, 0.5) is 16.0 Å². The molecule has 0 atom stereocenters. The molecule has 0 amide bonds. The van der Waals surface area contributed by atoms with Crippen molar-refractivity contribution < 1.29 is 9.13 Å². The second-order valence-corrected chi connectivity index (χ2v) is 4.73. The van der Waals surface area contributed by atoms with Gasteiger partial charge in [-0.1, -0.05) is 0 Å². The van der Waals surface area contributed by atoms with Crippen LogP contribution in [-0.4, -0.2) is 48.2 Å². The number of hydrogen-bond acceptors (Lipinski definition) is 6. The fourth-order valence-corrected chi connectivity index (χ4v) is 2.33. The highest BCUT2D eigenvalue weighted by molar-refractivity contribution is 5.47. The average molecular weight is 289 g/mol. The molecule has 3 heterocycles. The fraction of sp³-hybridized carbons (Fsp3) is 0.357. The smallest absolute Gasteiger partial charge is 0.225 e. The normalized spacial score (nSPS) is 15.1. The molecule has 0 spiro atoms. The number of rotatable bonds is 3. The number of methoxy groups -OCH3 is 1. The van der Waals surface area contributed by atoms with Crippen molar-refractivity contribution in [3.05, 3.63) is 36.7 Å². The van der Waals surface area contributed by atoms with Gasteiger partial charge in [0.05, 0.1) is 19.5 Å². The molecule has 7 heteroatoms. The molecule has 2 aromatic rings. The first-order chi connectivity index (χ1) is 10.3. The van der Waals surface area contributed by atoms with Crippen LogP contribution in [0.15, 0.2) is 30.7 Å². The van der Waals surface area contributed by atoms with Gasteiger partial charge in [0.1, 0.15) is 0 Å². The Morgan fingerprint density at radius 1 is 1.05 bits per heavy atom. The lowest BCUT2D eigenvalue weighted by atomic mass is 10.2. The molecule has 1 fully saturated rings. The van der Waals surface area contributed by atoms with E-state index in [0.29, 0.717) is 11.7 Å². The van der Waals surface area contributed by atoms with E-state index in [1.165, 1.54) is 12.3 Å². The number of anilines is 2. The summed E-state index contributed by atoms with van der Waals surface area (Å²) < 4.78 is 18.2. The van der Waals surface area contributed by atoms with Gasteiger partial charge in [-0.05, 0) is 6.07 Å². The first kappa shape index (κ1) is 13.5. The highest BCUT2D eigenvalue weighted by Crippen LogP contribution is 2.19. The predicted octanol–water partition coefficient (Wildman–Crippen LogP) is 1.35. The van der Waals surface area contributed by atoms with Crippen LogP contribution in [0.25, 0.3) is 0 Å². The van der Waals surface area contributed by atoms with Crippen LogP contribution < -0.4 is 14.5 Å². The van der Waals surface area contributed by atoms with Crippen molar-refractivity contribution in [3.8, 4) is 5.75 Å². The Labute approximate surface area is 122 Å². The molecule has 110 valence electrons. The van der Waals surface area contributed by atoms with Crippen molar-refractivity contribution in [1.29, 1.82) is 0 Å². The number of ether oxygens (including phenoxy) is 1. The fourth-order valence-electron chi connectivity index (χ4n) is 2.33. The van der Waals surface area contributed by atoms with Crippen LogP contribution >= 0.6 is 0 Å². The number of nitrogens with zero attached hydrogens (tertiary/aromatic N) is 5. The third-order valence-corrected chi connectivity index (χ3v) is 3.49. The molecular formula is C14H16FN5O. The van der Waals surface area contributed by atoms with Gasteiger partial charge in [-0.25, -0.2) is 15.0 Å². The molecule has 1 aliphatic rings. The Morgan fingerprint density at radius 3 is 2.33 bits per heavy atom. The number of piperazine rings is 1. The molecule has 0 bridgehead atoms. The van der Waals surface area contributed by atoms with E-state index >= 15 is 0 Å². The molecule has 0 aliphatic carbocycles. The first-order valence-electron chi connectivity index (χ1n) is 6.74. The molecule has 1 saturated heterocycles. The second-order valence-electron chi connectivity index (χ2n) is 4.73. The number of pyridine rings is 1. The maximum absolute atomic E-state index is 13.2. The van der Waals surface area contributed by atoms with E-state index in [4.69, 9.17) is 4.74 Å². The van der Waals surface area contributed by atoms with Gasteiger partial charge in [0.15, 0.2) is 5.75 Å². The van der Waals surface area contributed by atoms with Gasteiger partial charge in [0.2, 0.25) is 11.9 Å². The Bertz CT molecular complexity index is 599. The summed E-state index contributed by atoms with van der Waals surface area (Å²) in [6, 6.07) is 3.28. The zero-order valence-corrected chi connectivity index (χ0v) is 11.7. The lowest BCUT2D eigenvalue weighted by Gasteiger charge is -2.36. The van der Waals surface area contributed by atoms with Gasteiger partial charge in [-0.3, -0.25) is 0 Å². The second kappa shape index (κ2) is 5.90. The maximum Gasteiger partial charge on any atom is 0.225 e. The summed E-state index contributed by atoms with van der Waals surface area (Å²) in [6.07, 6.45) is 4.81. The molecule has 2 aromatic heterocycles. The molecule has 0 radical (unpaired) electrons. The SMILES string of the molecule is COc1cnc(N2CCN(c3ccnc(F)c3)CC2)nc1. The van der Waals surface area contributed by atoms with Crippen molar-refractivity contribution in [2.24, 2.45) is 0 Å². The van der Waals surface area contributed by atoms with E-state index in [1.807, 2.05) is 6.07 Å². The Morgan fingerprint density at radius 2 is 1.71 bits per heavy atom. The summed E-state index contributed by atoms with van der Waals surface area (Å²) in [7, 11) is 1.59. The molecule has 21 heavy (non-hydrogen) atoms. The van der Waals surface area contributed by atoms with Gasteiger partial charge < -0.3 is 14.5 Å². The highest BCUT2D eigenvalue weighted by Gasteiger charge is 2.19. The molecule has 0 unspecified atom stereocenters. The third kappa shape index (κ3) is 3.01. The van der Waals surface area contributed by atoms with Crippen LogP contribution in [0.2, 0.25) is 0 Å². The summed E-state index contributed by atoms with van der Waals surface area (Å²) in [5, 5.41) is 0. The van der Waals surface area contributed by atoms with Gasteiger partial charge >= 0.3 is 0 Å². The van der Waals surface area contributed by atoms with E-state index in [9.17, 15) is 4.39 Å². The minimum Gasteiger partial charge on any atom is -0.494 e. The number of aromatic nitrogens is 3. The van der Waals surface area contributed by atoms with E-state index in [2.05, 4.69) is 24.8 Å². The van der Waals surface area contributed by atoms with Gasteiger partial charge in [0.25, 0.3) is 0 Å². The number of hydrogen-bond donors (Lipinski definition) is 0. The average Bonchev–Trinajstić information content (AvgIpc) is 2.55. The lowest BCUT2D eigenvalue weighted by Crippen LogP contribution is -2.47. The molecule has 3 rings (SSSR count). The van der Waals surface area contributed by atoms with Crippen LogP contribution in [-0.2, 0) is 0 Å². The van der Waals surface area contributed by atoms with Crippen LogP contribution in [0.1, 0.15) is 0 Å². The van der Waals surface area contributed by atoms with Crippen molar-refractivity contribution in [2.45, 2.75) is 0 Å². The minimum absolute atomic E-state index is 0.451. The largest absolute Gasteiger partial charge is 0.494 e. The topological polar surface area (TPSA) is 54.4 Å². The van der Waals surface area contributed by atoms with Crippen molar-refractivity contribution in [1.82, 2.24) is 15.0 Å². The molecule has 1 aliphatic heterocycles. The zero-order valence-electron chi connectivity index (χ0n) is 11.7. The standard InChI is InChI=1S/C14H16FN5O/c1-21-12-9-17-14(18-10-12)20-6-4-19(5-7-20)11-2-3-16-13(15)8-11/h2-3,8-10H,4-7H2,1H3. The van der Waals surface area contributed by atoms with Gasteiger partial charge in [-0.2, -0.15) is 4.39 Å². The molecule has 0 saturated carbocycles. The molecule has 0 N–H and O–H groups in total. The van der Waals surface area contributed by atoms with E-state index in [1.54, 1.807) is 19.5 Å². The zero-order chi connectivity index (χ0) is 14.7. The maximum atomic E-state index is 13.2. The van der Waals surface area contributed by atoms with E-state index in [-0.39, 0.29) is 0 Å². The quantitative estimate of drug-likeness (QED) is 0.795. The summed E-state index contributed by atoms with van der Waals surface area (Å²) in [5.74, 6) is 0.884. The van der Waals surface area contributed by atoms with Crippen molar-refractivity contribution in [3.63, 3.8) is 0 Å². The van der Waals surface area contributed by atoms with E-state index < -0.39 is 5.95 Å². The highest BCUT2D eigenvalue weighted by atomic mass is 19.1. The Kier molecular flexibility index (Phi) is 3.81. The van der Waals surface area contributed by atoms with Crippen LogP contribution in [0.5, 0.6) is 5.75 Å². The Balaban J connectivity index is 1.64. The van der Waals surface area contributed by atoms with Crippen LogP contribution in [0, 0.1) is 5.95 Å². The summed E-state index contributed by atoms with van der Waals surface area (Å²) in [4.78, 5) is 16.4. The summed E-state index contributed by atoms with van der Waals surface area (Å²) in [5.41, 5.74) is 0.859. The summed E-state index contributed by atoms with van der Waals surface area (Å²) in [6.45, 7) is 3.16. The molecule has 0 aromatic carbocycles. The van der Waals surface area contributed by atoms with Gasteiger partial charge in [0, 0.05) is 44.1 Å². The summed E-state index contributed by atoms with van der Waals surface area (Å²) >= 11 is 0. The van der Waals surface area contributed by atoms with Crippen molar-refractivity contribution >= 4 is 11.6 Å². The van der Waals surface area contributed by atoms with Gasteiger partial charge in [-0.15, -0.1) is 0 Å². The first-order valence-corrected chi connectivity index (χ1v) is 6.74.